The summed E-state index contributed by atoms with van der Waals surface area (Å²) in [6.07, 6.45) is 0.771. The topological polar surface area (TPSA) is 36.4 Å². The first-order chi connectivity index (χ1) is 12.5. The Hall–Kier alpha value is -1.83. The summed E-state index contributed by atoms with van der Waals surface area (Å²) in [6.45, 7) is 1.31. The predicted molar refractivity (Wildman–Crippen MR) is 109 cm³/mol. The quantitative estimate of drug-likeness (QED) is 0.557. The number of halogens is 2. The van der Waals surface area contributed by atoms with E-state index in [0.717, 1.165) is 27.7 Å². The van der Waals surface area contributed by atoms with E-state index < -0.39 is 5.82 Å². The molecule has 0 aliphatic heterocycles. The lowest BCUT2D eigenvalue weighted by atomic mass is 10.2. The summed E-state index contributed by atoms with van der Waals surface area (Å²) in [5, 5.41) is 0.588. The molecule has 0 N–H and O–H groups in total. The fourth-order valence-electron chi connectivity index (χ4n) is 2.61. The van der Waals surface area contributed by atoms with Crippen molar-refractivity contribution in [2.24, 2.45) is 0 Å². The number of aromatic nitrogens is 1. The summed E-state index contributed by atoms with van der Waals surface area (Å²) < 4.78 is 16.1. The third kappa shape index (κ3) is 4.28. The standard InChI is InChI=1S/C19H19BrFN3OS/c1-23(2)10-5-11-24(18(25)14-6-3-4-7-15(14)21)19-22-16-9-8-13(20)12-17(16)26-19/h3-4,6-9,12H,5,10-11H2,1-2H3. The van der Waals surface area contributed by atoms with Gasteiger partial charge in [0, 0.05) is 11.0 Å². The highest BCUT2D eigenvalue weighted by atomic mass is 79.9. The molecule has 0 unspecified atom stereocenters. The number of hydrogen-bond acceptors (Lipinski definition) is 4. The molecule has 0 saturated carbocycles. The predicted octanol–water partition coefficient (Wildman–Crippen LogP) is 4.80. The molecule has 3 aromatic rings. The van der Waals surface area contributed by atoms with Gasteiger partial charge in [-0.3, -0.25) is 9.69 Å². The normalized spacial score (nSPS) is 11.3. The average molecular weight is 436 g/mol. The Morgan fingerprint density at radius 1 is 1.19 bits per heavy atom. The van der Waals surface area contributed by atoms with Crippen molar-refractivity contribution < 1.29 is 9.18 Å². The van der Waals surface area contributed by atoms with Crippen LogP contribution < -0.4 is 4.90 Å². The van der Waals surface area contributed by atoms with Gasteiger partial charge in [0.2, 0.25) is 0 Å². The first-order valence-corrected chi connectivity index (χ1v) is 9.84. The number of benzene rings is 2. The van der Waals surface area contributed by atoms with Crippen LogP contribution in [-0.2, 0) is 0 Å². The monoisotopic (exact) mass is 435 g/mol. The highest BCUT2D eigenvalue weighted by molar-refractivity contribution is 9.10. The van der Waals surface area contributed by atoms with Crippen molar-refractivity contribution in [1.29, 1.82) is 0 Å². The molecular weight excluding hydrogens is 417 g/mol. The van der Waals surface area contributed by atoms with E-state index in [1.165, 1.54) is 23.5 Å². The van der Waals surface area contributed by atoms with Crippen molar-refractivity contribution in [2.75, 3.05) is 32.1 Å². The van der Waals surface area contributed by atoms with Crippen LogP contribution in [0.2, 0.25) is 0 Å². The van der Waals surface area contributed by atoms with Gasteiger partial charge in [0.25, 0.3) is 5.91 Å². The second-order valence-electron chi connectivity index (χ2n) is 6.20. The molecule has 0 saturated heterocycles. The van der Waals surface area contributed by atoms with Gasteiger partial charge in [-0.05, 0) is 57.4 Å². The van der Waals surface area contributed by atoms with E-state index in [-0.39, 0.29) is 11.5 Å². The maximum Gasteiger partial charge on any atom is 0.263 e. The summed E-state index contributed by atoms with van der Waals surface area (Å²) in [5.74, 6) is -0.876. The van der Waals surface area contributed by atoms with Crippen LogP contribution in [0.15, 0.2) is 46.9 Å². The van der Waals surface area contributed by atoms with Crippen LogP contribution >= 0.6 is 27.3 Å². The lowest BCUT2D eigenvalue weighted by Gasteiger charge is -2.21. The maximum absolute atomic E-state index is 14.1. The number of rotatable bonds is 6. The zero-order valence-corrected chi connectivity index (χ0v) is 17.0. The summed E-state index contributed by atoms with van der Waals surface area (Å²) in [5.41, 5.74) is 0.893. The number of nitrogens with zero attached hydrogens (tertiary/aromatic N) is 3. The average Bonchev–Trinajstić information content (AvgIpc) is 3.01. The molecule has 0 aliphatic carbocycles. The lowest BCUT2D eigenvalue weighted by molar-refractivity contribution is 0.0982. The number of fused-ring (bicyclic) bond motifs is 1. The molecule has 0 fully saturated rings. The molecule has 0 aliphatic rings. The Bertz CT molecular complexity index is 928. The third-order valence-corrected chi connectivity index (χ3v) is 5.44. The Morgan fingerprint density at radius 2 is 1.96 bits per heavy atom. The SMILES string of the molecule is CN(C)CCCN(C(=O)c1ccccc1F)c1nc2ccc(Br)cc2s1. The molecule has 0 bridgehead atoms. The van der Waals surface area contributed by atoms with E-state index in [9.17, 15) is 9.18 Å². The molecule has 1 aromatic heterocycles. The van der Waals surface area contributed by atoms with E-state index in [0.29, 0.717) is 11.7 Å². The van der Waals surface area contributed by atoms with Gasteiger partial charge in [-0.25, -0.2) is 9.37 Å². The van der Waals surface area contributed by atoms with Crippen LogP contribution in [0.1, 0.15) is 16.8 Å². The molecule has 4 nitrogen and oxygen atoms in total. The zero-order valence-electron chi connectivity index (χ0n) is 14.6. The Balaban J connectivity index is 1.96. The Kier molecular flexibility index (Phi) is 6.01. The van der Waals surface area contributed by atoms with Crippen LogP contribution in [0.3, 0.4) is 0 Å². The number of amides is 1. The minimum absolute atomic E-state index is 0.0674. The minimum atomic E-state index is -0.515. The molecule has 0 spiro atoms. The van der Waals surface area contributed by atoms with Gasteiger partial charge in [-0.2, -0.15) is 0 Å². The first kappa shape index (κ1) is 18.9. The van der Waals surface area contributed by atoms with Gasteiger partial charge >= 0.3 is 0 Å². The Labute approximate surface area is 164 Å². The van der Waals surface area contributed by atoms with Crippen molar-refractivity contribution in [3.63, 3.8) is 0 Å². The molecule has 7 heteroatoms. The highest BCUT2D eigenvalue weighted by Crippen LogP contribution is 2.32. The molecule has 0 radical (unpaired) electrons. The number of carbonyl (C=O) groups is 1. The van der Waals surface area contributed by atoms with Crippen molar-refractivity contribution >= 4 is 48.5 Å². The number of hydrogen-bond donors (Lipinski definition) is 0. The smallest absolute Gasteiger partial charge is 0.263 e. The van der Waals surface area contributed by atoms with E-state index in [2.05, 4.69) is 25.8 Å². The van der Waals surface area contributed by atoms with E-state index in [1.54, 1.807) is 17.0 Å². The maximum atomic E-state index is 14.1. The van der Waals surface area contributed by atoms with Gasteiger partial charge in [-0.15, -0.1) is 0 Å². The highest BCUT2D eigenvalue weighted by Gasteiger charge is 2.23. The molecule has 26 heavy (non-hydrogen) atoms. The molecule has 3 rings (SSSR count). The second kappa shape index (κ2) is 8.24. The minimum Gasteiger partial charge on any atom is -0.309 e. The van der Waals surface area contributed by atoms with Gasteiger partial charge in [-0.1, -0.05) is 39.4 Å². The molecule has 0 atom stereocenters. The van der Waals surface area contributed by atoms with Crippen LogP contribution in [0.4, 0.5) is 9.52 Å². The summed E-state index contributed by atoms with van der Waals surface area (Å²) in [6, 6.07) is 11.9. The van der Waals surface area contributed by atoms with Crippen molar-refractivity contribution in [3.05, 3.63) is 58.3 Å². The molecular formula is C19H19BrFN3OS. The zero-order chi connectivity index (χ0) is 18.7. The largest absolute Gasteiger partial charge is 0.309 e. The summed E-state index contributed by atoms with van der Waals surface area (Å²) in [7, 11) is 3.97. The lowest BCUT2D eigenvalue weighted by Crippen LogP contribution is -2.34. The molecule has 1 amide bonds. The number of carbonyl (C=O) groups excluding carboxylic acids is 1. The second-order valence-corrected chi connectivity index (χ2v) is 8.13. The van der Waals surface area contributed by atoms with Crippen LogP contribution in [0.25, 0.3) is 10.2 Å². The molecule has 2 aromatic carbocycles. The fourth-order valence-corrected chi connectivity index (χ4v) is 4.15. The molecule has 136 valence electrons. The summed E-state index contributed by atoms with van der Waals surface area (Å²) in [4.78, 5) is 21.3. The van der Waals surface area contributed by atoms with E-state index in [1.807, 2.05) is 32.3 Å². The van der Waals surface area contributed by atoms with Crippen molar-refractivity contribution in [2.45, 2.75) is 6.42 Å². The van der Waals surface area contributed by atoms with Crippen LogP contribution in [0.5, 0.6) is 0 Å². The Morgan fingerprint density at radius 3 is 2.69 bits per heavy atom. The van der Waals surface area contributed by atoms with Crippen molar-refractivity contribution in [3.8, 4) is 0 Å². The van der Waals surface area contributed by atoms with Gasteiger partial charge < -0.3 is 4.90 Å². The van der Waals surface area contributed by atoms with Gasteiger partial charge in [0.1, 0.15) is 5.82 Å². The number of thiazole rings is 1. The van der Waals surface area contributed by atoms with Gasteiger partial charge in [0.05, 0.1) is 15.8 Å². The van der Waals surface area contributed by atoms with E-state index >= 15 is 0 Å². The van der Waals surface area contributed by atoms with Crippen LogP contribution in [-0.4, -0.2) is 43.0 Å². The van der Waals surface area contributed by atoms with Crippen molar-refractivity contribution in [1.82, 2.24) is 9.88 Å². The van der Waals surface area contributed by atoms with Gasteiger partial charge in [0.15, 0.2) is 5.13 Å². The summed E-state index contributed by atoms with van der Waals surface area (Å²) >= 11 is 4.89. The van der Waals surface area contributed by atoms with E-state index in [4.69, 9.17) is 0 Å². The first-order valence-electron chi connectivity index (χ1n) is 8.23. The number of anilines is 1. The third-order valence-electron chi connectivity index (χ3n) is 3.91. The fraction of sp³-hybridized carbons (Fsp3) is 0.263. The van der Waals surface area contributed by atoms with Crippen LogP contribution in [0, 0.1) is 5.82 Å². The molecule has 1 heterocycles.